The van der Waals surface area contributed by atoms with Crippen molar-refractivity contribution in [1.29, 1.82) is 0 Å². The number of rotatable bonds is 2. The molecule has 1 aromatic rings. The Bertz CT molecular complexity index is 297. The fourth-order valence-electron chi connectivity index (χ4n) is 2.10. The normalized spacial score (nSPS) is 27.9. The van der Waals surface area contributed by atoms with Crippen LogP contribution in [0.3, 0.4) is 0 Å². The maximum Gasteiger partial charge on any atom is 0.0931 e. The minimum Gasteiger partial charge on any atom is -0.309 e. The van der Waals surface area contributed by atoms with Gasteiger partial charge in [-0.25, -0.2) is 0 Å². The molecule has 2 atom stereocenters. The second kappa shape index (κ2) is 4.65. The number of hydrogen-bond donors (Lipinski definition) is 1. The number of halogens is 1. The molecule has 0 aromatic carbocycles. The summed E-state index contributed by atoms with van der Waals surface area (Å²) in [5.74, 6) is 0.891. The van der Waals surface area contributed by atoms with Crippen molar-refractivity contribution in [1.82, 2.24) is 5.32 Å². The molecule has 1 saturated heterocycles. The third-order valence-corrected chi connectivity index (χ3v) is 4.37. The molecule has 0 aliphatic carbocycles. The Morgan fingerprint density at radius 3 is 3.07 bits per heavy atom. The van der Waals surface area contributed by atoms with E-state index in [1.165, 1.54) is 24.1 Å². The van der Waals surface area contributed by atoms with Crippen molar-refractivity contribution in [2.75, 3.05) is 6.54 Å². The van der Waals surface area contributed by atoms with Gasteiger partial charge in [0, 0.05) is 10.9 Å². The summed E-state index contributed by atoms with van der Waals surface area (Å²) in [6.45, 7) is 3.44. The topological polar surface area (TPSA) is 12.0 Å². The van der Waals surface area contributed by atoms with Crippen molar-refractivity contribution in [3.63, 3.8) is 0 Å². The predicted molar refractivity (Wildman–Crippen MR) is 63.1 cm³/mol. The van der Waals surface area contributed by atoms with Crippen LogP contribution in [0.15, 0.2) is 12.1 Å². The van der Waals surface area contributed by atoms with E-state index in [4.69, 9.17) is 11.6 Å². The molecule has 0 amide bonds. The van der Waals surface area contributed by atoms with Gasteiger partial charge < -0.3 is 5.32 Å². The molecule has 1 aliphatic heterocycles. The van der Waals surface area contributed by atoms with Gasteiger partial charge in [0.05, 0.1) is 4.34 Å². The summed E-state index contributed by atoms with van der Waals surface area (Å²) in [5.41, 5.74) is 0. The molecule has 0 bridgehead atoms. The van der Waals surface area contributed by atoms with E-state index in [9.17, 15) is 0 Å². The van der Waals surface area contributed by atoms with Gasteiger partial charge in [0.2, 0.25) is 0 Å². The minimum atomic E-state index is 0.547. The van der Waals surface area contributed by atoms with E-state index < -0.39 is 0 Å². The van der Waals surface area contributed by atoms with Gasteiger partial charge in [-0.1, -0.05) is 24.9 Å². The van der Waals surface area contributed by atoms with Crippen LogP contribution >= 0.6 is 22.9 Å². The summed E-state index contributed by atoms with van der Waals surface area (Å²) >= 11 is 7.65. The van der Waals surface area contributed by atoms with E-state index in [1.807, 2.05) is 6.07 Å². The lowest BCUT2D eigenvalue weighted by Crippen LogP contribution is -2.30. The first-order chi connectivity index (χ1) is 6.79. The van der Waals surface area contributed by atoms with Crippen LogP contribution < -0.4 is 5.32 Å². The Balaban J connectivity index is 2.04. The van der Waals surface area contributed by atoms with Gasteiger partial charge in [0.15, 0.2) is 0 Å². The zero-order valence-corrected chi connectivity index (χ0v) is 10.00. The first-order valence-electron chi connectivity index (χ1n) is 5.28. The zero-order valence-electron chi connectivity index (χ0n) is 8.42. The fraction of sp³-hybridized carbons (Fsp3) is 0.636. The average Bonchev–Trinajstić information content (AvgIpc) is 2.65. The zero-order chi connectivity index (χ0) is 9.97. The van der Waals surface area contributed by atoms with Crippen molar-refractivity contribution in [2.24, 2.45) is 5.92 Å². The van der Waals surface area contributed by atoms with E-state index in [1.54, 1.807) is 11.3 Å². The third kappa shape index (κ3) is 2.30. The molecule has 3 heteroatoms. The van der Waals surface area contributed by atoms with Crippen LogP contribution in [0, 0.1) is 5.92 Å². The molecule has 1 aliphatic rings. The smallest absolute Gasteiger partial charge is 0.0931 e. The summed E-state index contributed by atoms with van der Waals surface area (Å²) in [4.78, 5) is 1.40. The highest BCUT2D eigenvalue weighted by Gasteiger charge is 2.22. The molecule has 0 saturated carbocycles. The van der Waals surface area contributed by atoms with Gasteiger partial charge in [-0.15, -0.1) is 11.3 Å². The third-order valence-electron chi connectivity index (χ3n) is 3.03. The van der Waals surface area contributed by atoms with Crippen LogP contribution in [0.1, 0.15) is 37.1 Å². The van der Waals surface area contributed by atoms with E-state index in [-0.39, 0.29) is 0 Å². The summed E-state index contributed by atoms with van der Waals surface area (Å²) in [7, 11) is 0. The number of nitrogens with one attached hydrogen (secondary N) is 1. The number of piperidine rings is 1. The Kier molecular flexibility index (Phi) is 3.47. The van der Waals surface area contributed by atoms with Crippen molar-refractivity contribution in [2.45, 2.75) is 32.2 Å². The second-order valence-corrected chi connectivity index (χ2v) is 5.69. The summed E-state index contributed by atoms with van der Waals surface area (Å²) in [6, 6.07) is 4.70. The highest BCUT2D eigenvalue weighted by Crippen LogP contribution is 2.34. The lowest BCUT2D eigenvalue weighted by Gasteiger charge is -2.29. The van der Waals surface area contributed by atoms with Gasteiger partial charge >= 0.3 is 0 Å². The Morgan fingerprint density at radius 2 is 2.43 bits per heavy atom. The largest absolute Gasteiger partial charge is 0.309 e. The minimum absolute atomic E-state index is 0.547. The average molecular weight is 230 g/mol. The molecule has 2 heterocycles. The molecule has 2 rings (SSSR count). The van der Waals surface area contributed by atoms with Crippen LogP contribution in [0.4, 0.5) is 0 Å². The first kappa shape index (κ1) is 10.5. The maximum absolute atomic E-state index is 5.94. The van der Waals surface area contributed by atoms with Gasteiger partial charge in [-0.2, -0.15) is 0 Å². The van der Waals surface area contributed by atoms with Gasteiger partial charge in [0.25, 0.3) is 0 Å². The molecule has 1 aromatic heterocycles. The van der Waals surface area contributed by atoms with Crippen LogP contribution in [0.2, 0.25) is 4.34 Å². The molecule has 0 spiro atoms. The van der Waals surface area contributed by atoms with Gasteiger partial charge in [-0.3, -0.25) is 0 Å². The summed E-state index contributed by atoms with van der Waals surface area (Å²) < 4.78 is 0.903. The van der Waals surface area contributed by atoms with Crippen LogP contribution in [-0.2, 0) is 0 Å². The van der Waals surface area contributed by atoms with Crippen LogP contribution in [0.5, 0.6) is 0 Å². The Hall–Kier alpha value is -0.0500. The van der Waals surface area contributed by atoms with E-state index >= 15 is 0 Å². The van der Waals surface area contributed by atoms with E-state index in [2.05, 4.69) is 18.3 Å². The number of thiophene rings is 1. The van der Waals surface area contributed by atoms with Crippen molar-refractivity contribution >= 4 is 22.9 Å². The molecule has 1 fully saturated rings. The standard InChI is InChI=1S/C11H16ClNS/c1-2-8-5-6-13-9(7-8)10-3-4-11(12)14-10/h3-4,8-9,13H,2,5-7H2,1H3. The molecule has 78 valence electrons. The lowest BCUT2D eigenvalue weighted by molar-refractivity contribution is 0.302. The van der Waals surface area contributed by atoms with Crippen molar-refractivity contribution in [3.8, 4) is 0 Å². The monoisotopic (exact) mass is 229 g/mol. The van der Waals surface area contributed by atoms with Gasteiger partial charge in [-0.05, 0) is 37.4 Å². The van der Waals surface area contributed by atoms with Crippen molar-refractivity contribution in [3.05, 3.63) is 21.3 Å². The van der Waals surface area contributed by atoms with E-state index in [0.29, 0.717) is 6.04 Å². The molecule has 1 nitrogen and oxygen atoms in total. The van der Waals surface area contributed by atoms with Crippen LogP contribution in [0.25, 0.3) is 0 Å². The lowest BCUT2D eigenvalue weighted by atomic mass is 9.90. The molecule has 0 radical (unpaired) electrons. The molecular weight excluding hydrogens is 214 g/mol. The second-order valence-electron chi connectivity index (χ2n) is 3.95. The Morgan fingerprint density at radius 1 is 1.57 bits per heavy atom. The molecule has 2 unspecified atom stereocenters. The van der Waals surface area contributed by atoms with E-state index in [0.717, 1.165) is 16.8 Å². The SMILES string of the molecule is CCC1CCNC(c2ccc(Cl)s2)C1. The molecule has 14 heavy (non-hydrogen) atoms. The fourth-order valence-corrected chi connectivity index (χ4v) is 3.25. The first-order valence-corrected chi connectivity index (χ1v) is 6.47. The predicted octanol–water partition coefficient (Wildman–Crippen LogP) is 3.85. The van der Waals surface area contributed by atoms with Crippen molar-refractivity contribution < 1.29 is 0 Å². The van der Waals surface area contributed by atoms with Crippen LogP contribution in [-0.4, -0.2) is 6.54 Å². The molecule has 1 N–H and O–H groups in total. The summed E-state index contributed by atoms with van der Waals surface area (Å²) in [5, 5.41) is 3.56. The molecular formula is C11H16ClNS. The van der Waals surface area contributed by atoms with Gasteiger partial charge in [0.1, 0.15) is 0 Å². The highest BCUT2D eigenvalue weighted by molar-refractivity contribution is 7.16. The number of hydrogen-bond acceptors (Lipinski definition) is 2. The maximum atomic E-state index is 5.94. The Labute approximate surface area is 94.5 Å². The summed E-state index contributed by atoms with van der Waals surface area (Å²) in [6.07, 6.45) is 3.90. The highest BCUT2D eigenvalue weighted by atomic mass is 35.5. The quantitative estimate of drug-likeness (QED) is 0.812.